The number of carbonyl (C=O) groups is 3. The minimum atomic E-state index is -1.70. The van der Waals surface area contributed by atoms with Crippen LogP contribution in [0.25, 0.3) is 0 Å². The fourth-order valence-electron chi connectivity index (χ4n) is 2.36. The van der Waals surface area contributed by atoms with Crippen LogP contribution in [0.15, 0.2) is 42.5 Å². The van der Waals surface area contributed by atoms with Crippen molar-refractivity contribution in [3.63, 3.8) is 0 Å². The summed E-state index contributed by atoms with van der Waals surface area (Å²) < 4.78 is 39.8. The van der Waals surface area contributed by atoms with Gasteiger partial charge in [0.25, 0.3) is 11.8 Å². The van der Waals surface area contributed by atoms with E-state index in [9.17, 15) is 27.6 Å². The van der Waals surface area contributed by atoms with Gasteiger partial charge in [0.2, 0.25) is 0 Å². The van der Waals surface area contributed by atoms with Crippen LogP contribution < -0.4 is 21.3 Å². The topological polar surface area (TPSA) is 104 Å². The Morgan fingerprint density at radius 1 is 1.00 bits per heavy atom. The number of hydrogen-bond acceptors (Lipinski definition) is 3. The van der Waals surface area contributed by atoms with E-state index in [1.807, 2.05) is 0 Å². The van der Waals surface area contributed by atoms with Gasteiger partial charge in [0.05, 0.1) is 5.69 Å². The smallest absolute Gasteiger partial charge is 0.321 e. The van der Waals surface area contributed by atoms with Crippen molar-refractivity contribution in [3.8, 4) is 0 Å². The van der Waals surface area contributed by atoms with Gasteiger partial charge >= 0.3 is 6.03 Å². The van der Waals surface area contributed by atoms with Gasteiger partial charge in [0.1, 0.15) is 0 Å². The van der Waals surface area contributed by atoms with Gasteiger partial charge in [-0.3, -0.25) is 14.9 Å². The Morgan fingerprint density at radius 2 is 1.68 bits per heavy atom. The summed E-state index contributed by atoms with van der Waals surface area (Å²) in [6, 6.07) is 8.27. The van der Waals surface area contributed by atoms with E-state index in [4.69, 9.17) is 0 Å². The van der Waals surface area contributed by atoms with E-state index in [-0.39, 0.29) is 6.54 Å². The molecule has 28 heavy (non-hydrogen) atoms. The number of hydrogen-bond donors (Lipinski definition) is 4. The molecular weight excluding hydrogens is 377 g/mol. The molecule has 2 aromatic rings. The van der Waals surface area contributed by atoms with Gasteiger partial charge in [-0.15, -0.1) is 0 Å². The molecule has 148 valence electrons. The average Bonchev–Trinajstić information content (AvgIpc) is 2.69. The Labute approximate surface area is 158 Å². The number of nitrogens with one attached hydrogen (secondary N) is 3. The molecule has 0 aliphatic heterocycles. The quantitative estimate of drug-likeness (QED) is 0.544. The lowest BCUT2D eigenvalue weighted by Gasteiger charge is -2.15. The number of urea groups is 1. The highest BCUT2D eigenvalue weighted by atomic mass is 19.2. The maximum Gasteiger partial charge on any atom is 0.321 e. The second-order valence-electron chi connectivity index (χ2n) is 5.67. The lowest BCUT2D eigenvalue weighted by Crippen LogP contribution is -2.89. The molecule has 2 aromatic carbocycles. The first-order valence-electron chi connectivity index (χ1n) is 8.17. The van der Waals surface area contributed by atoms with Crippen molar-refractivity contribution >= 4 is 23.5 Å². The SMILES string of the molecule is CNC(=O)NC(=O)[C@H]([NH2+]CC(=O)Nc1ccc(F)c(F)c1F)c1ccccc1. The van der Waals surface area contributed by atoms with E-state index in [1.54, 1.807) is 30.3 Å². The van der Waals surface area contributed by atoms with Gasteiger partial charge in [-0.25, -0.2) is 18.0 Å². The normalized spacial score (nSPS) is 11.4. The Hall–Kier alpha value is -3.40. The van der Waals surface area contributed by atoms with Gasteiger partial charge in [0, 0.05) is 12.6 Å². The Kier molecular flexibility index (Phi) is 7.10. The molecular formula is C18H18F3N4O3+. The van der Waals surface area contributed by atoms with Crippen LogP contribution in [0, 0.1) is 17.5 Å². The molecule has 0 spiro atoms. The molecule has 0 aliphatic rings. The van der Waals surface area contributed by atoms with E-state index >= 15 is 0 Å². The van der Waals surface area contributed by atoms with Crippen molar-refractivity contribution in [3.05, 3.63) is 65.5 Å². The first-order valence-corrected chi connectivity index (χ1v) is 8.17. The van der Waals surface area contributed by atoms with E-state index in [2.05, 4.69) is 16.0 Å². The molecule has 0 radical (unpaired) electrons. The van der Waals surface area contributed by atoms with Crippen molar-refractivity contribution in [1.29, 1.82) is 0 Å². The molecule has 1 atom stereocenters. The van der Waals surface area contributed by atoms with Crippen LogP contribution in [0.4, 0.5) is 23.7 Å². The Balaban J connectivity index is 2.08. The zero-order chi connectivity index (χ0) is 20.7. The summed E-state index contributed by atoms with van der Waals surface area (Å²) in [5.41, 5.74) is -0.000848. The number of amides is 4. The highest BCUT2D eigenvalue weighted by Gasteiger charge is 2.26. The van der Waals surface area contributed by atoms with Gasteiger partial charge in [-0.05, 0) is 12.1 Å². The predicted molar refractivity (Wildman–Crippen MR) is 93.5 cm³/mol. The van der Waals surface area contributed by atoms with E-state index < -0.39 is 47.0 Å². The molecule has 0 fully saturated rings. The maximum atomic E-state index is 13.6. The van der Waals surface area contributed by atoms with Crippen LogP contribution in [-0.4, -0.2) is 31.4 Å². The second kappa shape index (κ2) is 9.51. The molecule has 0 saturated heterocycles. The molecule has 0 heterocycles. The third-order valence-electron chi connectivity index (χ3n) is 3.75. The van der Waals surface area contributed by atoms with Crippen molar-refractivity contribution in [2.75, 3.05) is 18.9 Å². The van der Waals surface area contributed by atoms with E-state index in [0.717, 1.165) is 6.07 Å². The van der Waals surface area contributed by atoms with Gasteiger partial charge < -0.3 is 16.0 Å². The minimum absolute atomic E-state index is 0.348. The Morgan fingerprint density at radius 3 is 2.32 bits per heavy atom. The zero-order valence-electron chi connectivity index (χ0n) is 14.8. The molecule has 4 amide bonds. The standard InChI is InChI=1S/C18H17F3N4O3/c1-22-18(28)25-17(27)16(10-5-3-2-4-6-10)23-9-13(26)24-12-8-7-11(19)14(20)15(12)21/h2-8,16,23H,9H2,1H3,(H,24,26)(H2,22,25,27,28)/p+1/t16-/m1/s1. The number of rotatable bonds is 6. The van der Waals surface area contributed by atoms with Crippen LogP contribution >= 0.6 is 0 Å². The van der Waals surface area contributed by atoms with Gasteiger partial charge in [-0.2, -0.15) is 0 Å². The molecule has 0 aromatic heterocycles. The second-order valence-corrected chi connectivity index (χ2v) is 5.67. The summed E-state index contributed by atoms with van der Waals surface area (Å²) in [5.74, 6) is -6.02. The van der Waals surface area contributed by atoms with Gasteiger partial charge in [-0.1, -0.05) is 30.3 Å². The first kappa shape index (κ1) is 20.9. The predicted octanol–water partition coefficient (Wildman–Crippen LogP) is 0.803. The highest BCUT2D eigenvalue weighted by molar-refractivity contribution is 5.97. The lowest BCUT2D eigenvalue weighted by atomic mass is 10.1. The van der Waals surface area contributed by atoms with Crippen LogP contribution in [0.2, 0.25) is 0 Å². The Bertz CT molecular complexity index is 878. The fraction of sp³-hybridized carbons (Fsp3) is 0.167. The van der Waals surface area contributed by atoms with E-state index in [0.29, 0.717) is 11.6 Å². The van der Waals surface area contributed by atoms with Gasteiger partial charge in [0.15, 0.2) is 30.0 Å². The first-order chi connectivity index (χ1) is 13.3. The summed E-state index contributed by atoms with van der Waals surface area (Å²) in [6.45, 7) is -0.348. The molecule has 0 aliphatic carbocycles. The van der Waals surface area contributed by atoms with Crippen molar-refractivity contribution < 1.29 is 32.9 Å². The summed E-state index contributed by atoms with van der Waals surface area (Å²) >= 11 is 0. The number of quaternary nitrogens is 1. The molecule has 0 unspecified atom stereocenters. The number of carbonyl (C=O) groups excluding carboxylic acids is 3. The average molecular weight is 395 g/mol. The highest BCUT2D eigenvalue weighted by Crippen LogP contribution is 2.19. The maximum absolute atomic E-state index is 13.6. The molecule has 0 saturated carbocycles. The van der Waals surface area contributed by atoms with Crippen LogP contribution in [0.3, 0.4) is 0 Å². The number of halogens is 3. The lowest BCUT2D eigenvalue weighted by molar-refractivity contribution is -0.672. The largest absolute Gasteiger partial charge is 0.341 e. The number of imide groups is 1. The molecule has 2 rings (SSSR count). The summed E-state index contributed by atoms with van der Waals surface area (Å²) in [7, 11) is 1.34. The van der Waals surface area contributed by atoms with Crippen molar-refractivity contribution in [1.82, 2.24) is 10.6 Å². The zero-order valence-corrected chi connectivity index (χ0v) is 14.8. The van der Waals surface area contributed by atoms with Crippen molar-refractivity contribution in [2.24, 2.45) is 0 Å². The molecule has 7 nitrogen and oxygen atoms in total. The third-order valence-corrected chi connectivity index (χ3v) is 3.75. The monoisotopic (exact) mass is 395 g/mol. The fourth-order valence-corrected chi connectivity index (χ4v) is 2.36. The number of benzene rings is 2. The molecule has 10 heteroatoms. The summed E-state index contributed by atoms with van der Waals surface area (Å²) in [4.78, 5) is 35.8. The summed E-state index contributed by atoms with van der Waals surface area (Å²) in [5, 5.41) is 7.80. The molecule has 5 N–H and O–H groups in total. The minimum Gasteiger partial charge on any atom is -0.341 e. The summed E-state index contributed by atoms with van der Waals surface area (Å²) in [6.07, 6.45) is 0. The number of nitrogens with two attached hydrogens (primary N) is 1. The van der Waals surface area contributed by atoms with Crippen molar-refractivity contribution in [2.45, 2.75) is 6.04 Å². The van der Waals surface area contributed by atoms with Crippen LogP contribution in [0.5, 0.6) is 0 Å². The number of anilines is 1. The van der Waals surface area contributed by atoms with E-state index in [1.165, 1.54) is 12.4 Å². The van der Waals surface area contributed by atoms with Crippen LogP contribution in [-0.2, 0) is 9.59 Å². The van der Waals surface area contributed by atoms with Crippen LogP contribution in [0.1, 0.15) is 11.6 Å². The molecule has 0 bridgehead atoms. The third kappa shape index (κ3) is 5.30.